The molecule has 146 valence electrons. The quantitative estimate of drug-likeness (QED) is 0.256. The van der Waals surface area contributed by atoms with E-state index >= 15 is 0 Å². The molecule has 0 saturated carbocycles. The van der Waals surface area contributed by atoms with Crippen LogP contribution in [0.5, 0.6) is 5.75 Å². The molecule has 0 aliphatic rings. The maximum absolute atomic E-state index is 6.15. The minimum atomic E-state index is 0.689. The summed E-state index contributed by atoms with van der Waals surface area (Å²) < 4.78 is 7.66. The zero-order valence-electron chi connectivity index (χ0n) is 16.5. The van der Waals surface area contributed by atoms with Gasteiger partial charge in [-0.05, 0) is 42.5 Å². The monoisotopic (exact) mass is 393 g/mol. The Kier molecular flexibility index (Phi) is 4.41. The normalized spacial score (nSPS) is 11.0. The molecule has 5 nitrogen and oxygen atoms in total. The molecule has 3 N–H and O–H groups in total. The van der Waals surface area contributed by atoms with E-state index in [-0.39, 0.29) is 0 Å². The third kappa shape index (κ3) is 3.16. The van der Waals surface area contributed by atoms with Gasteiger partial charge < -0.3 is 15.8 Å². The van der Waals surface area contributed by atoms with Crippen LogP contribution < -0.4 is 20.4 Å². The molecular formula is C25H21N4O+. The highest BCUT2D eigenvalue weighted by Crippen LogP contribution is 2.27. The lowest BCUT2D eigenvalue weighted by atomic mass is 10.1. The molecule has 0 spiro atoms. The third-order valence-electron chi connectivity index (χ3n) is 5.08. The molecule has 4 aromatic carbocycles. The van der Waals surface area contributed by atoms with Gasteiger partial charge >= 0.3 is 0 Å². The largest absolute Gasteiger partial charge is 0.497 e. The van der Waals surface area contributed by atoms with Crippen molar-refractivity contribution in [2.75, 3.05) is 18.2 Å². The number of benzene rings is 4. The van der Waals surface area contributed by atoms with Gasteiger partial charge in [-0.3, -0.25) is 0 Å². The van der Waals surface area contributed by atoms with Crippen LogP contribution in [0.4, 0.5) is 17.1 Å². The van der Waals surface area contributed by atoms with E-state index in [1.54, 1.807) is 7.11 Å². The Balaban J connectivity index is 1.87. The summed E-state index contributed by atoms with van der Waals surface area (Å²) in [4.78, 5) is 4.90. The van der Waals surface area contributed by atoms with Crippen molar-refractivity contribution in [3.8, 4) is 11.4 Å². The fourth-order valence-electron chi connectivity index (χ4n) is 3.72. The molecule has 0 saturated heterocycles. The van der Waals surface area contributed by atoms with Crippen molar-refractivity contribution in [3.05, 3.63) is 91.0 Å². The third-order valence-corrected chi connectivity index (χ3v) is 5.08. The maximum Gasteiger partial charge on any atom is 0.261 e. The Hall–Kier alpha value is -4.12. The average Bonchev–Trinajstić information content (AvgIpc) is 2.78. The molecule has 0 aliphatic carbocycles. The maximum atomic E-state index is 6.15. The second-order valence-corrected chi connectivity index (χ2v) is 7.06. The Labute approximate surface area is 174 Å². The minimum absolute atomic E-state index is 0.689. The summed E-state index contributed by atoms with van der Waals surface area (Å²) >= 11 is 0. The number of anilines is 3. The molecule has 0 unspecified atom stereocenters. The average molecular weight is 393 g/mol. The smallest absolute Gasteiger partial charge is 0.261 e. The lowest BCUT2D eigenvalue weighted by Crippen LogP contribution is -2.34. The van der Waals surface area contributed by atoms with E-state index in [2.05, 4.69) is 22.0 Å². The van der Waals surface area contributed by atoms with E-state index in [1.165, 1.54) is 0 Å². The molecular weight excluding hydrogens is 372 g/mol. The van der Waals surface area contributed by atoms with Crippen LogP contribution in [0, 0.1) is 0 Å². The summed E-state index contributed by atoms with van der Waals surface area (Å²) in [7, 11) is 1.67. The van der Waals surface area contributed by atoms with Crippen molar-refractivity contribution < 1.29 is 9.30 Å². The first-order valence-corrected chi connectivity index (χ1v) is 9.73. The highest BCUT2D eigenvalue weighted by atomic mass is 16.5. The Morgan fingerprint density at radius 3 is 2.50 bits per heavy atom. The van der Waals surface area contributed by atoms with Crippen LogP contribution in [0.1, 0.15) is 0 Å². The number of hydrogen-bond donors (Lipinski definition) is 2. The number of methoxy groups -OCH3 is 1. The molecule has 1 heterocycles. The Bertz CT molecular complexity index is 1370. The molecule has 0 fully saturated rings. The summed E-state index contributed by atoms with van der Waals surface area (Å²) in [5.41, 5.74) is 13.4. The van der Waals surface area contributed by atoms with E-state index in [1.807, 2.05) is 78.9 Å². The van der Waals surface area contributed by atoms with Gasteiger partial charge in [-0.1, -0.05) is 30.3 Å². The van der Waals surface area contributed by atoms with Gasteiger partial charge in [0.2, 0.25) is 11.2 Å². The standard InChI is InChI=1S/C25H20N4O/c1-30-20-10-5-9-19(16-20)29-24-15-17(26)13-14-21(24)28-23-12-6-11-22(25(23)29)27-18-7-3-2-4-8-18/h2-16,26-27H,1H3/p+1. The number of rotatable bonds is 4. The lowest BCUT2D eigenvalue weighted by Gasteiger charge is -2.11. The molecule has 5 rings (SSSR count). The molecule has 5 aromatic rings. The zero-order chi connectivity index (χ0) is 20.5. The summed E-state index contributed by atoms with van der Waals surface area (Å²) in [5.74, 6) is 0.788. The molecule has 30 heavy (non-hydrogen) atoms. The second kappa shape index (κ2) is 7.37. The zero-order valence-corrected chi connectivity index (χ0v) is 16.5. The van der Waals surface area contributed by atoms with Crippen molar-refractivity contribution in [3.63, 3.8) is 0 Å². The van der Waals surface area contributed by atoms with E-state index < -0.39 is 0 Å². The lowest BCUT2D eigenvalue weighted by molar-refractivity contribution is -0.537. The van der Waals surface area contributed by atoms with Gasteiger partial charge in [0.05, 0.1) is 13.2 Å². The number of aromatic nitrogens is 2. The van der Waals surface area contributed by atoms with Crippen LogP contribution in [0.3, 0.4) is 0 Å². The topological polar surface area (TPSA) is 64.0 Å². The number of fused-ring (bicyclic) bond motifs is 2. The molecule has 1 aromatic heterocycles. The number of para-hydroxylation sites is 2. The first-order chi connectivity index (χ1) is 14.7. The van der Waals surface area contributed by atoms with Gasteiger partial charge in [0.1, 0.15) is 22.5 Å². The van der Waals surface area contributed by atoms with Crippen molar-refractivity contribution in [2.24, 2.45) is 0 Å². The Morgan fingerprint density at radius 2 is 1.67 bits per heavy atom. The summed E-state index contributed by atoms with van der Waals surface area (Å²) in [5, 5.41) is 3.54. The van der Waals surface area contributed by atoms with Crippen LogP contribution in [-0.4, -0.2) is 12.1 Å². The van der Waals surface area contributed by atoms with Crippen LogP contribution in [0.25, 0.3) is 27.8 Å². The molecule has 0 radical (unpaired) electrons. The van der Waals surface area contributed by atoms with Crippen LogP contribution >= 0.6 is 0 Å². The molecule has 5 heteroatoms. The predicted octanol–water partition coefficient (Wildman–Crippen LogP) is 5.00. The number of nitrogens with zero attached hydrogens (tertiary/aromatic N) is 2. The number of nitrogen functional groups attached to an aromatic ring is 1. The van der Waals surface area contributed by atoms with E-state index in [9.17, 15) is 0 Å². The summed E-state index contributed by atoms with van der Waals surface area (Å²) in [6.07, 6.45) is 0. The van der Waals surface area contributed by atoms with Crippen LogP contribution in [0.2, 0.25) is 0 Å². The van der Waals surface area contributed by atoms with Crippen molar-refractivity contribution in [1.82, 2.24) is 4.98 Å². The predicted molar refractivity (Wildman–Crippen MR) is 121 cm³/mol. The SMILES string of the molecule is COc1cccc(-[n+]2c3cc(N)ccc3nc3cccc(Nc4ccccc4)c32)c1. The van der Waals surface area contributed by atoms with Crippen LogP contribution in [-0.2, 0) is 0 Å². The number of hydrogen-bond acceptors (Lipinski definition) is 4. The summed E-state index contributed by atoms with van der Waals surface area (Å²) in [6.45, 7) is 0. The van der Waals surface area contributed by atoms with E-state index in [0.717, 1.165) is 44.9 Å². The molecule has 0 aliphatic heterocycles. The van der Waals surface area contributed by atoms with E-state index in [4.69, 9.17) is 15.5 Å². The van der Waals surface area contributed by atoms with Crippen molar-refractivity contribution >= 4 is 39.1 Å². The highest BCUT2D eigenvalue weighted by molar-refractivity contribution is 5.92. The summed E-state index contributed by atoms with van der Waals surface area (Å²) in [6, 6.07) is 30.0. The van der Waals surface area contributed by atoms with Gasteiger partial charge in [0.25, 0.3) is 5.52 Å². The van der Waals surface area contributed by atoms with Crippen LogP contribution in [0.15, 0.2) is 91.0 Å². The number of nitrogens with one attached hydrogen (secondary N) is 1. The Morgan fingerprint density at radius 1 is 0.833 bits per heavy atom. The number of nitrogens with two attached hydrogens (primary N) is 1. The van der Waals surface area contributed by atoms with Crippen molar-refractivity contribution in [2.45, 2.75) is 0 Å². The molecule has 0 amide bonds. The highest BCUT2D eigenvalue weighted by Gasteiger charge is 2.23. The van der Waals surface area contributed by atoms with Gasteiger partial charge in [0, 0.05) is 23.5 Å². The van der Waals surface area contributed by atoms with E-state index in [0.29, 0.717) is 5.69 Å². The first kappa shape index (κ1) is 17.9. The fourth-order valence-corrected chi connectivity index (χ4v) is 3.72. The van der Waals surface area contributed by atoms with Crippen molar-refractivity contribution in [1.29, 1.82) is 0 Å². The van der Waals surface area contributed by atoms with Gasteiger partial charge in [-0.2, -0.15) is 0 Å². The molecule has 0 atom stereocenters. The fraction of sp³-hybridized carbons (Fsp3) is 0.0400. The van der Waals surface area contributed by atoms with Gasteiger partial charge in [0.15, 0.2) is 0 Å². The minimum Gasteiger partial charge on any atom is -0.497 e. The van der Waals surface area contributed by atoms with Gasteiger partial charge in [-0.25, -0.2) is 4.98 Å². The second-order valence-electron chi connectivity index (χ2n) is 7.06. The molecule has 0 bridgehead atoms. The van der Waals surface area contributed by atoms with Gasteiger partial charge in [-0.15, -0.1) is 4.57 Å². The number of ether oxygens (including phenoxy) is 1. The first-order valence-electron chi connectivity index (χ1n) is 9.73.